The molecule has 0 radical (unpaired) electrons. The Bertz CT molecular complexity index is 151. The first-order chi connectivity index (χ1) is 5.54. The minimum atomic E-state index is -2.82. The van der Waals surface area contributed by atoms with Crippen molar-refractivity contribution in [1.29, 1.82) is 0 Å². The third-order valence-corrected chi connectivity index (χ3v) is 4.25. The van der Waals surface area contributed by atoms with Crippen molar-refractivity contribution < 1.29 is 13.6 Å². The molecule has 3 nitrogen and oxygen atoms in total. The van der Waals surface area contributed by atoms with Crippen LogP contribution < -0.4 is 0 Å². The zero-order chi connectivity index (χ0) is 9.61. The van der Waals surface area contributed by atoms with E-state index in [-0.39, 0.29) is 4.83 Å². The lowest BCUT2D eigenvalue weighted by atomic mass is 10.6. The summed E-state index contributed by atoms with van der Waals surface area (Å²) >= 11 is 3.32. The lowest BCUT2D eigenvalue weighted by molar-refractivity contribution is 0.220. The molecule has 0 aliphatic heterocycles. The Kier molecular flexibility index (Phi) is 6.46. The molecule has 0 N–H and O–H groups in total. The quantitative estimate of drug-likeness (QED) is 0.543. The zero-order valence-corrected chi connectivity index (χ0v) is 10.2. The van der Waals surface area contributed by atoms with Crippen molar-refractivity contribution in [2.24, 2.45) is 0 Å². The molecule has 5 heteroatoms. The third kappa shape index (κ3) is 5.31. The van der Waals surface area contributed by atoms with Crippen molar-refractivity contribution in [2.45, 2.75) is 25.6 Å². The standard InChI is InChI=1S/C7H16BrO3P/c1-4-10-12(9,11-5-2)6-7(3)8/h7H,4-6H2,1-3H3/t7-/m0/s1. The van der Waals surface area contributed by atoms with Gasteiger partial charge < -0.3 is 9.05 Å². The van der Waals surface area contributed by atoms with Crippen LogP contribution in [-0.4, -0.2) is 24.2 Å². The van der Waals surface area contributed by atoms with Crippen molar-refractivity contribution in [2.75, 3.05) is 19.4 Å². The van der Waals surface area contributed by atoms with Gasteiger partial charge in [-0.2, -0.15) is 0 Å². The second-order valence-corrected chi connectivity index (χ2v) is 6.08. The summed E-state index contributed by atoms with van der Waals surface area (Å²) in [4.78, 5) is 0.154. The van der Waals surface area contributed by atoms with Crippen molar-refractivity contribution in [3.05, 3.63) is 0 Å². The number of hydrogen-bond donors (Lipinski definition) is 0. The summed E-state index contributed by atoms with van der Waals surface area (Å²) in [5.74, 6) is 0. The minimum Gasteiger partial charge on any atom is -0.309 e. The van der Waals surface area contributed by atoms with Crippen LogP contribution >= 0.6 is 23.5 Å². The van der Waals surface area contributed by atoms with Gasteiger partial charge in [-0.05, 0) is 13.8 Å². The highest BCUT2D eigenvalue weighted by Gasteiger charge is 2.24. The van der Waals surface area contributed by atoms with E-state index in [1.807, 2.05) is 20.8 Å². The summed E-state index contributed by atoms with van der Waals surface area (Å²) in [7, 11) is -2.82. The molecule has 0 aromatic rings. The molecule has 0 aliphatic carbocycles. The molecule has 0 amide bonds. The molecule has 0 aliphatic rings. The van der Waals surface area contributed by atoms with E-state index in [0.29, 0.717) is 19.4 Å². The summed E-state index contributed by atoms with van der Waals surface area (Å²) in [5, 5.41) is 0. The molecule has 0 rings (SSSR count). The number of hydrogen-bond acceptors (Lipinski definition) is 3. The maximum Gasteiger partial charge on any atom is 0.331 e. The highest BCUT2D eigenvalue weighted by Crippen LogP contribution is 2.49. The first kappa shape index (κ1) is 12.6. The van der Waals surface area contributed by atoms with E-state index in [1.54, 1.807) is 0 Å². The van der Waals surface area contributed by atoms with Crippen LogP contribution in [0, 0.1) is 0 Å². The van der Waals surface area contributed by atoms with Crippen LogP contribution in [0.15, 0.2) is 0 Å². The molecule has 12 heavy (non-hydrogen) atoms. The average Bonchev–Trinajstić information content (AvgIpc) is 1.85. The molecule has 74 valence electrons. The fraction of sp³-hybridized carbons (Fsp3) is 1.00. The molecule has 0 bridgehead atoms. The Balaban J connectivity index is 4.08. The summed E-state index contributed by atoms with van der Waals surface area (Å²) in [6.07, 6.45) is 0.425. The number of halogens is 1. The van der Waals surface area contributed by atoms with Gasteiger partial charge in [-0.1, -0.05) is 22.9 Å². The van der Waals surface area contributed by atoms with Crippen LogP contribution in [0.4, 0.5) is 0 Å². The van der Waals surface area contributed by atoms with E-state index >= 15 is 0 Å². The Morgan fingerprint density at radius 1 is 1.33 bits per heavy atom. The van der Waals surface area contributed by atoms with Gasteiger partial charge in [0.15, 0.2) is 0 Å². The van der Waals surface area contributed by atoms with Crippen molar-refractivity contribution in [3.8, 4) is 0 Å². The normalized spacial score (nSPS) is 14.7. The maximum absolute atomic E-state index is 11.7. The van der Waals surface area contributed by atoms with Crippen LogP contribution in [0.3, 0.4) is 0 Å². The van der Waals surface area contributed by atoms with Crippen molar-refractivity contribution in [3.63, 3.8) is 0 Å². The Hall–Kier alpha value is 0.630. The number of rotatable bonds is 6. The van der Waals surface area contributed by atoms with E-state index in [4.69, 9.17) is 9.05 Å². The third-order valence-electron chi connectivity index (χ3n) is 1.13. The first-order valence-electron chi connectivity index (χ1n) is 4.06. The molecular formula is C7H16BrO3P. The molecule has 0 aromatic heterocycles. The van der Waals surface area contributed by atoms with Gasteiger partial charge in [0.25, 0.3) is 0 Å². The van der Waals surface area contributed by atoms with Gasteiger partial charge in [0, 0.05) is 4.83 Å². The Morgan fingerprint density at radius 2 is 1.75 bits per heavy atom. The largest absolute Gasteiger partial charge is 0.331 e. The highest BCUT2D eigenvalue weighted by molar-refractivity contribution is 9.09. The van der Waals surface area contributed by atoms with Gasteiger partial charge in [-0.25, -0.2) is 0 Å². The minimum absolute atomic E-state index is 0.154. The van der Waals surface area contributed by atoms with Crippen molar-refractivity contribution >= 4 is 23.5 Å². The smallest absolute Gasteiger partial charge is 0.309 e. The molecule has 1 atom stereocenters. The molecule has 0 saturated heterocycles. The zero-order valence-electron chi connectivity index (χ0n) is 7.75. The molecule has 0 spiro atoms. The molecule has 0 unspecified atom stereocenters. The fourth-order valence-electron chi connectivity index (χ4n) is 0.844. The summed E-state index contributed by atoms with van der Waals surface area (Å²) in [5.41, 5.74) is 0. The second kappa shape index (κ2) is 6.14. The second-order valence-electron chi connectivity index (χ2n) is 2.41. The lowest BCUT2D eigenvalue weighted by Crippen LogP contribution is -2.06. The van der Waals surface area contributed by atoms with Gasteiger partial charge in [0.1, 0.15) is 0 Å². The van der Waals surface area contributed by atoms with Gasteiger partial charge in [-0.3, -0.25) is 4.57 Å². The van der Waals surface area contributed by atoms with Crippen LogP contribution in [0.25, 0.3) is 0 Å². The van der Waals surface area contributed by atoms with Crippen molar-refractivity contribution in [1.82, 2.24) is 0 Å². The van der Waals surface area contributed by atoms with E-state index < -0.39 is 7.60 Å². The van der Waals surface area contributed by atoms with E-state index in [0.717, 1.165) is 0 Å². The fourth-order valence-corrected chi connectivity index (χ4v) is 3.60. The van der Waals surface area contributed by atoms with Gasteiger partial charge in [0.2, 0.25) is 0 Å². The molecule has 0 aromatic carbocycles. The predicted octanol–water partition coefficient (Wildman–Crippen LogP) is 3.04. The van der Waals surface area contributed by atoms with Gasteiger partial charge >= 0.3 is 7.60 Å². The molecule has 0 heterocycles. The summed E-state index contributed by atoms with van der Waals surface area (Å²) in [6, 6.07) is 0. The molecule has 0 saturated carbocycles. The van der Waals surface area contributed by atoms with E-state index in [1.165, 1.54) is 0 Å². The Morgan fingerprint density at radius 3 is 2.00 bits per heavy atom. The SMILES string of the molecule is CCOP(=O)(C[C@H](C)Br)OCC. The summed E-state index contributed by atoms with van der Waals surface area (Å²) < 4.78 is 21.9. The summed E-state index contributed by atoms with van der Waals surface area (Å²) in [6.45, 7) is 6.40. The van der Waals surface area contributed by atoms with Crippen LogP contribution in [-0.2, 0) is 13.6 Å². The Labute approximate surface area is 82.5 Å². The average molecular weight is 259 g/mol. The molecular weight excluding hydrogens is 243 g/mol. The monoisotopic (exact) mass is 258 g/mol. The van der Waals surface area contributed by atoms with Gasteiger partial charge in [-0.15, -0.1) is 0 Å². The van der Waals surface area contributed by atoms with E-state index in [9.17, 15) is 4.57 Å². The molecule has 0 fully saturated rings. The number of alkyl halides is 1. The highest BCUT2D eigenvalue weighted by atomic mass is 79.9. The topological polar surface area (TPSA) is 35.5 Å². The maximum atomic E-state index is 11.7. The lowest BCUT2D eigenvalue weighted by Gasteiger charge is -2.17. The van der Waals surface area contributed by atoms with Crippen LogP contribution in [0.2, 0.25) is 0 Å². The predicted molar refractivity (Wildman–Crippen MR) is 54.1 cm³/mol. The first-order valence-corrected chi connectivity index (χ1v) is 6.70. The van der Waals surface area contributed by atoms with E-state index in [2.05, 4.69) is 15.9 Å². The van der Waals surface area contributed by atoms with Crippen LogP contribution in [0.5, 0.6) is 0 Å². The van der Waals surface area contributed by atoms with Crippen LogP contribution in [0.1, 0.15) is 20.8 Å². The van der Waals surface area contributed by atoms with Gasteiger partial charge in [0.05, 0.1) is 19.4 Å².